The van der Waals surface area contributed by atoms with E-state index in [1.54, 1.807) is 0 Å². The Morgan fingerprint density at radius 1 is 1.24 bits per heavy atom. The van der Waals surface area contributed by atoms with Crippen LogP contribution in [0.2, 0.25) is 5.02 Å². The van der Waals surface area contributed by atoms with E-state index < -0.39 is 0 Å². The van der Waals surface area contributed by atoms with Crippen LogP contribution in [-0.4, -0.2) is 35.1 Å². The molecule has 2 N–H and O–H groups in total. The first-order chi connectivity index (χ1) is 10.3. The lowest BCUT2D eigenvalue weighted by atomic mass is 10.1. The summed E-state index contributed by atoms with van der Waals surface area (Å²) in [6.45, 7) is 3.42. The summed E-state index contributed by atoms with van der Waals surface area (Å²) >= 11 is 6.07. The lowest BCUT2D eigenvalue weighted by molar-refractivity contribution is 0.232. The van der Waals surface area contributed by atoms with Gasteiger partial charge in [0.25, 0.3) is 0 Å². The van der Waals surface area contributed by atoms with Crippen molar-refractivity contribution < 1.29 is 0 Å². The molecule has 1 aliphatic carbocycles. The first kappa shape index (κ1) is 13.6. The molecule has 0 radical (unpaired) electrons. The minimum Gasteiger partial charge on any atom is -0.361 e. The number of aromatic nitrogens is 1. The number of hydrogen-bond acceptors (Lipinski definition) is 2. The van der Waals surface area contributed by atoms with Gasteiger partial charge in [-0.05, 0) is 49.9 Å². The zero-order valence-corrected chi connectivity index (χ0v) is 13.0. The van der Waals surface area contributed by atoms with Gasteiger partial charge in [-0.3, -0.25) is 4.90 Å². The molecule has 3 nitrogen and oxygen atoms in total. The van der Waals surface area contributed by atoms with Gasteiger partial charge in [-0.2, -0.15) is 0 Å². The number of hydrogen-bond donors (Lipinski definition) is 2. The SMILES string of the molecule is Clc1ccc2c(CN(CC3CCCN3)C3CC3)c[nH]c2c1. The predicted molar refractivity (Wildman–Crippen MR) is 87.8 cm³/mol. The molecule has 2 aromatic rings. The quantitative estimate of drug-likeness (QED) is 0.885. The maximum atomic E-state index is 6.07. The van der Waals surface area contributed by atoms with Crippen LogP contribution in [0.25, 0.3) is 10.9 Å². The third-order valence-electron chi connectivity index (χ3n) is 4.78. The summed E-state index contributed by atoms with van der Waals surface area (Å²) in [7, 11) is 0. The van der Waals surface area contributed by atoms with Crippen LogP contribution in [0.1, 0.15) is 31.2 Å². The number of benzene rings is 1. The topological polar surface area (TPSA) is 31.1 Å². The second-order valence-electron chi connectivity index (χ2n) is 6.46. The van der Waals surface area contributed by atoms with Crippen LogP contribution in [-0.2, 0) is 6.54 Å². The lowest BCUT2D eigenvalue weighted by Gasteiger charge is -2.25. The van der Waals surface area contributed by atoms with Gasteiger partial charge in [0.05, 0.1) is 0 Å². The van der Waals surface area contributed by atoms with Crippen LogP contribution in [0.4, 0.5) is 0 Å². The molecule has 0 amide bonds. The number of rotatable bonds is 5. The molecule has 1 unspecified atom stereocenters. The van der Waals surface area contributed by atoms with Crippen LogP contribution in [0, 0.1) is 0 Å². The van der Waals surface area contributed by atoms with Crippen molar-refractivity contribution in [1.29, 1.82) is 0 Å². The van der Waals surface area contributed by atoms with Crippen LogP contribution in [0.5, 0.6) is 0 Å². The maximum absolute atomic E-state index is 6.07. The van der Waals surface area contributed by atoms with Crippen molar-refractivity contribution in [3.63, 3.8) is 0 Å². The molecule has 2 heterocycles. The van der Waals surface area contributed by atoms with Crippen LogP contribution in [0.3, 0.4) is 0 Å². The molecule has 112 valence electrons. The predicted octanol–water partition coefficient (Wildman–Crippen LogP) is 3.54. The van der Waals surface area contributed by atoms with Gasteiger partial charge in [0.1, 0.15) is 0 Å². The Bertz CT molecular complexity index is 626. The zero-order valence-electron chi connectivity index (χ0n) is 12.2. The first-order valence-corrected chi connectivity index (χ1v) is 8.40. The molecule has 1 saturated heterocycles. The molecular weight excluding hydrogens is 282 g/mol. The monoisotopic (exact) mass is 303 g/mol. The van der Waals surface area contributed by atoms with Crippen LogP contribution in [0.15, 0.2) is 24.4 Å². The number of nitrogens with one attached hydrogen (secondary N) is 2. The number of aromatic amines is 1. The molecule has 4 heteroatoms. The minimum atomic E-state index is 0.685. The van der Waals surface area contributed by atoms with E-state index in [1.165, 1.54) is 49.7 Å². The van der Waals surface area contributed by atoms with E-state index in [0.29, 0.717) is 6.04 Å². The van der Waals surface area contributed by atoms with Crippen LogP contribution >= 0.6 is 11.6 Å². The lowest BCUT2D eigenvalue weighted by Crippen LogP contribution is -2.38. The molecule has 1 saturated carbocycles. The van der Waals surface area contributed by atoms with E-state index in [-0.39, 0.29) is 0 Å². The second kappa shape index (κ2) is 5.64. The summed E-state index contributed by atoms with van der Waals surface area (Å²) in [4.78, 5) is 6.03. The number of nitrogens with zero attached hydrogens (tertiary/aromatic N) is 1. The van der Waals surface area contributed by atoms with E-state index in [0.717, 1.165) is 23.1 Å². The summed E-state index contributed by atoms with van der Waals surface area (Å²) in [5.74, 6) is 0. The van der Waals surface area contributed by atoms with Crippen molar-refractivity contribution in [2.45, 2.75) is 44.3 Å². The number of halogens is 1. The van der Waals surface area contributed by atoms with Crippen molar-refractivity contribution in [1.82, 2.24) is 15.2 Å². The number of fused-ring (bicyclic) bond motifs is 1. The van der Waals surface area contributed by atoms with E-state index in [2.05, 4.69) is 27.5 Å². The van der Waals surface area contributed by atoms with Gasteiger partial charge >= 0.3 is 0 Å². The highest BCUT2D eigenvalue weighted by Crippen LogP contribution is 2.31. The fraction of sp³-hybridized carbons (Fsp3) is 0.529. The third-order valence-corrected chi connectivity index (χ3v) is 5.02. The van der Waals surface area contributed by atoms with E-state index >= 15 is 0 Å². The average molecular weight is 304 g/mol. The molecule has 1 aromatic heterocycles. The maximum Gasteiger partial charge on any atom is 0.0472 e. The average Bonchev–Trinajstić information content (AvgIpc) is 3.07. The van der Waals surface area contributed by atoms with Crippen molar-refractivity contribution >= 4 is 22.5 Å². The van der Waals surface area contributed by atoms with E-state index in [4.69, 9.17) is 11.6 Å². The van der Waals surface area contributed by atoms with Crippen LogP contribution < -0.4 is 5.32 Å². The third kappa shape index (κ3) is 2.96. The summed E-state index contributed by atoms with van der Waals surface area (Å²) in [6.07, 6.45) is 7.53. The summed E-state index contributed by atoms with van der Waals surface area (Å²) in [5, 5.41) is 5.73. The van der Waals surface area contributed by atoms with Crippen molar-refractivity contribution in [3.05, 3.63) is 35.0 Å². The fourth-order valence-electron chi connectivity index (χ4n) is 3.49. The Morgan fingerprint density at radius 3 is 2.90 bits per heavy atom. The summed E-state index contributed by atoms with van der Waals surface area (Å²) in [5.41, 5.74) is 2.54. The molecular formula is C17H22ClN3. The highest BCUT2D eigenvalue weighted by molar-refractivity contribution is 6.31. The molecule has 1 aliphatic heterocycles. The Morgan fingerprint density at radius 2 is 2.14 bits per heavy atom. The molecule has 0 spiro atoms. The molecule has 0 bridgehead atoms. The standard InChI is InChI=1S/C17H22ClN3/c18-13-3-6-16-12(9-20-17(16)8-13)10-21(15-4-5-15)11-14-2-1-7-19-14/h3,6,8-9,14-15,19-20H,1-2,4-5,7,10-11H2. The van der Waals surface area contributed by atoms with Gasteiger partial charge < -0.3 is 10.3 Å². The molecule has 4 rings (SSSR count). The fourth-order valence-corrected chi connectivity index (χ4v) is 3.66. The minimum absolute atomic E-state index is 0.685. The molecule has 1 atom stereocenters. The summed E-state index contributed by atoms with van der Waals surface area (Å²) < 4.78 is 0. The van der Waals surface area contributed by atoms with Gasteiger partial charge in [-0.25, -0.2) is 0 Å². The Kier molecular flexibility index (Phi) is 3.66. The first-order valence-electron chi connectivity index (χ1n) is 8.02. The van der Waals surface area contributed by atoms with E-state index in [1.807, 2.05) is 12.1 Å². The van der Waals surface area contributed by atoms with Gasteiger partial charge in [0.2, 0.25) is 0 Å². The van der Waals surface area contributed by atoms with Crippen molar-refractivity contribution in [2.24, 2.45) is 0 Å². The molecule has 2 aliphatic rings. The normalized spacial score (nSPS) is 22.5. The number of H-pyrrole nitrogens is 1. The van der Waals surface area contributed by atoms with Gasteiger partial charge in [0, 0.05) is 47.3 Å². The second-order valence-corrected chi connectivity index (χ2v) is 6.89. The largest absolute Gasteiger partial charge is 0.361 e. The highest BCUT2D eigenvalue weighted by Gasteiger charge is 2.31. The Balaban J connectivity index is 1.53. The Labute approximate surface area is 130 Å². The van der Waals surface area contributed by atoms with Gasteiger partial charge in [-0.15, -0.1) is 0 Å². The van der Waals surface area contributed by atoms with Gasteiger partial charge in [0.15, 0.2) is 0 Å². The van der Waals surface area contributed by atoms with E-state index in [9.17, 15) is 0 Å². The summed E-state index contributed by atoms with van der Waals surface area (Å²) in [6, 6.07) is 7.62. The zero-order chi connectivity index (χ0) is 14.2. The van der Waals surface area contributed by atoms with Crippen molar-refractivity contribution in [3.8, 4) is 0 Å². The highest BCUT2D eigenvalue weighted by atomic mass is 35.5. The molecule has 2 fully saturated rings. The smallest absolute Gasteiger partial charge is 0.0472 e. The Hall–Kier alpha value is -1.03. The molecule has 21 heavy (non-hydrogen) atoms. The van der Waals surface area contributed by atoms with Gasteiger partial charge in [-0.1, -0.05) is 17.7 Å². The molecule has 1 aromatic carbocycles. The van der Waals surface area contributed by atoms with Crippen molar-refractivity contribution in [2.75, 3.05) is 13.1 Å².